The maximum absolute atomic E-state index is 12.1. The zero-order chi connectivity index (χ0) is 18.4. The smallest absolute Gasteiger partial charge is 0.279 e. The Balaban J connectivity index is 1.87. The molecule has 2 N–H and O–H groups in total. The molecule has 2 rings (SSSR count). The summed E-state index contributed by atoms with van der Waals surface area (Å²) in [6.07, 6.45) is 3.44. The summed E-state index contributed by atoms with van der Waals surface area (Å²) >= 11 is 5.98. The predicted octanol–water partition coefficient (Wildman–Crippen LogP) is 3.18. The molecule has 1 heterocycles. The number of rotatable bonds is 5. The number of carbonyl (C=O) groups excluding carboxylic acids is 2. The number of amides is 2. The summed E-state index contributed by atoms with van der Waals surface area (Å²) in [5, 5.41) is 0.607. The van der Waals surface area contributed by atoms with Crippen molar-refractivity contribution in [1.29, 1.82) is 0 Å². The first-order valence-corrected chi connectivity index (χ1v) is 7.99. The Morgan fingerprint density at radius 1 is 1.24 bits per heavy atom. The van der Waals surface area contributed by atoms with Crippen molar-refractivity contribution in [2.75, 3.05) is 0 Å². The van der Waals surface area contributed by atoms with Crippen LogP contribution >= 0.6 is 11.6 Å². The topological polar surface area (TPSA) is 80.6 Å². The van der Waals surface area contributed by atoms with Crippen LogP contribution in [0.1, 0.15) is 23.8 Å². The number of halogens is 1. The second-order valence-electron chi connectivity index (χ2n) is 5.46. The van der Waals surface area contributed by atoms with E-state index >= 15 is 0 Å². The molecule has 0 saturated heterocycles. The Morgan fingerprint density at radius 2 is 1.92 bits per heavy atom. The molecule has 0 fully saturated rings. The number of aryl methyl sites for hydroxylation is 2. The van der Waals surface area contributed by atoms with Gasteiger partial charge in [-0.2, -0.15) is 0 Å². The summed E-state index contributed by atoms with van der Waals surface area (Å²) in [5.74, 6) is 0.160. The number of hydrazine groups is 1. The van der Waals surface area contributed by atoms with E-state index in [0.717, 1.165) is 11.1 Å². The predicted molar refractivity (Wildman–Crippen MR) is 95.0 cm³/mol. The molecule has 0 radical (unpaired) electrons. The van der Waals surface area contributed by atoms with Crippen molar-refractivity contribution in [3.63, 3.8) is 0 Å². The van der Waals surface area contributed by atoms with Crippen LogP contribution in [0.5, 0.6) is 5.75 Å². The number of benzene rings is 1. The lowest BCUT2D eigenvalue weighted by Crippen LogP contribution is -2.46. The van der Waals surface area contributed by atoms with Gasteiger partial charge < -0.3 is 9.15 Å². The zero-order valence-corrected chi connectivity index (χ0v) is 14.9. The van der Waals surface area contributed by atoms with Crippen LogP contribution in [0.25, 0.3) is 6.08 Å². The Bertz CT molecular complexity index is 761. The lowest BCUT2D eigenvalue weighted by molar-refractivity contribution is -0.131. The molecule has 0 aliphatic carbocycles. The van der Waals surface area contributed by atoms with Gasteiger partial charge in [0.1, 0.15) is 11.5 Å². The van der Waals surface area contributed by atoms with Crippen LogP contribution in [0.3, 0.4) is 0 Å². The molecule has 6 nitrogen and oxygen atoms in total. The van der Waals surface area contributed by atoms with Gasteiger partial charge in [0.25, 0.3) is 11.8 Å². The lowest BCUT2D eigenvalue weighted by Gasteiger charge is -2.18. The number of ether oxygens (including phenoxy) is 1. The summed E-state index contributed by atoms with van der Waals surface area (Å²) in [6, 6.07) is 6.93. The third-order valence-corrected chi connectivity index (χ3v) is 3.56. The van der Waals surface area contributed by atoms with Crippen molar-refractivity contribution in [1.82, 2.24) is 10.9 Å². The van der Waals surface area contributed by atoms with E-state index < -0.39 is 17.9 Å². The summed E-state index contributed by atoms with van der Waals surface area (Å²) in [4.78, 5) is 23.7. The zero-order valence-electron chi connectivity index (χ0n) is 14.1. The molecule has 0 aliphatic heterocycles. The molecular formula is C18H19ClN2O4. The van der Waals surface area contributed by atoms with Crippen molar-refractivity contribution in [3.05, 3.63) is 58.5 Å². The molecule has 0 saturated carbocycles. The summed E-state index contributed by atoms with van der Waals surface area (Å²) in [6.45, 7) is 5.29. The van der Waals surface area contributed by atoms with Gasteiger partial charge in [0.05, 0.1) is 6.26 Å². The number of hydrogen-bond donors (Lipinski definition) is 2. The Labute approximate surface area is 150 Å². The lowest BCUT2D eigenvalue weighted by atomic mass is 10.1. The van der Waals surface area contributed by atoms with Crippen molar-refractivity contribution in [2.24, 2.45) is 0 Å². The highest BCUT2D eigenvalue weighted by Crippen LogP contribution is 2.27. The quantitative estimate of drug-likeness (QED) is 0.632. The fourth-order valence-corrected chi connectivity index (χ4v) is 2.45. The van der Waals surface area contributed by atoms with Gasteiger partial charge in [0, 0.05) is 11.1 Å². The minimum atomic E-state index is -0.798. The first kappa shape index (κ1) is 18.6. The van der Waals surface area contributed by atoms with Crippen LogP contribution in [0.2, 0.25) is 5.02 Å². The molecule has 25 heavy (non-hydrogen) atoms. The average molecular weight is 363 g/mol. The van der Waals surface area contributed by atoms with E-state index in [9.17, 15) is 9.59 Å². The summed E-state index contributed by atoms with van der Waals surface area (Å²) < 4.78 is 10.8. The number of nitrogens with one attached hydrogen (secondary N) is 2. The maximum Gasteiger partial charge on any atom is 0.279 e. The van der Waals surface area contributed by atoms with E-state index in [2.05, 4.69) is 10.9 Å². The molecule has 0 spiro atoms. The molecule has 2 amide bonds. The Morgan fingerprint density at radius 3 is 2.52 bits per heavy atom. The van der Waals surface area contributed by atoms with E-state index in [1.165, 1.54) is 18.4 Å². The van der Waals surface area contributed by atoms with Gasteiger partial charge in [0.15, 0.2) is 6.10 Å². The van der Waals surface area contributed by atoms with Crippen LogP contribution in [0.4, 0.5) is 0 Å². The average Bonchev–Trinajstić information content (AvgIpc) is 3.07. The molecule has 1 atom stereocenters. The van der Waals surface area contributed by atoms with Gasteiger partial charge in [-0.05, 0) is 62.2 Å². The van der Waals surface area contributed by atoms with Crippen LogP contribution in [-0.4, -0.2) is 17.9 Å². The van der Waals surface area contributed by atoms with Crippen LogP contribution in [0.15, 0.2) is 41.0 Å². The maximum atomic E-state index is 12.1. The molecule has 0 bridgehead atoms. The fraction of sp³-hybridized carbons (Fsp3) is 0.222. The van der Waals surface area contributed by atoms with Crippen LogP contribution < -0.4 is 15.6 Å². The van der Waals surface area contributed by atoms with E-state index in [1.54, 1.807) is 31.2 Å². The number of furan rings is 1. The minimum Gasteiger partial charge on any atom is -0.480 e. The van der Waals surface area contributed by atoms with Crippen LogP contribution in [-0.2, 0) is 9.59 Å². The van der Waals surface area contributed by atoms with Gasteiger partial charge in [-0.1, -0.05) is 11.6 Å². The van der Waals surface area contributed by atoms with Crippen molar-refractivity contribution in [2.45, 2.75) is 26.9 Å². The van der Waals surface area contributed by atoms with Crippen molar-refractivity contribution < 1.29 is 18.7 Å². The van der Waals surface area contributed by atoms with E-state index in [4.69, 9.17) is 20.8 Å². The highest BCUT2D eigenvalue weighted by atomic mass is 35.5. The summed E-state index contributed by atoms with van der Waals surface area (Å²) in [7, 11) is 0. The number of hydrogen-bond acceptors (Lipinski definition) is 4. The molecular weight excluding hydrogens is 344 g/mol. The second kappa shape index (κ2) is 8.39. The Kier molecular flexibility index (Phi) is 6.25. The molecule has 0 aliphatic rings. The molecule has 2 aromatic rings. The third-order valence-electron chi connectivity index (χ3n) is 3.34. The standard InChI is InChI=1S/C18H19ClN2O4/c1-11-9-14(19)10-12(2)17(11)25-13(3)18(23)21-20-16(22)7-6-15-5-4-8-24-15/h4-10,13H,1-3H3,(H,20,22)(H,21,23)/b7-6+. The van der Waals surface area contributed by atoms with E-state index in [1.807, 2.05) is 13.8 Å². The minimum absolute atomic E-state index is 0.478. The first-order chi connectivity index (χ1) is 11.9. The van der Waals surface area contributed by atoms with Gasteiger partial charge in [-0.15, -0.1) is 0 Å². The number of carbonyl (C=O) groups is 2. The molecule has 1 aromatic carbocycles. The highest BCUT2D eigenvalue weighted by molar-refractivity contribution is 6.30. The fourth-order valence-electron chi connectivity index (χ4n) is 2.12. The van der Waals surface area contributed by atoms with Gasteiger partial charge in [-0.3, -0.25) is 20.4 Å². The second-order valence-corrected chi connectivity index (χ2v) is 5.89. The normalized spacial score (nSPS) is 12.0. The highest BCUT2D eigenvalue weighted by Gasteiger charge is 2.17. The largest absolute Gasteiger partial charge is 0.480 e. The summed E-state index contributed by atoms with van der Waals surface area (Å²) in [5.41, 5.74) is 6.25. The molecule has 1 unspecified atom stereocenters. The van der Waals surface area contributed by atoms with Gasteiger partial charge >= 0.3 is 0 Å². The Hall–Kier alpha value is -2.73. The molecule has 132 valence electrons. The van der Waals surface area contributed by atoms with Gasteiger partial charge in [0.2, 0.25) is 0 Å². The first-order valence-electron chi connectivity index (χ1n) is 7.61. The molecule has 7 heteroatoms. The van der Waals surface area contributed by atoms with Crippen LogP contribution in [0, 0.1) is 13.8 Å². The van der Waals surface area contributed by atoms with E-state index in [-0.39, 0.29) is 0 Å². The molecule has 1 aromatic heterocycles. The van der Waals surface area contributed by atoms with Crippen molar-refractivity contribution >= 4 is 29.5 Å². The third kappa shape index (κ3) is 5.39. The van der Waals surface area contributed by atoms with Crippen molar-refractivity contribution in [3.8, 4) is 5.75 Å². The van der Waals surface area contributed by atoms with E-state index in [0.29, 0.717) is 16.5 Å². The monoisotopic (exact) mass is 362 g/mol. The SMILES string of the molecule is Cc1cc(Cl)cc(C)c1OC(C)C(=O)NNC(=O)/C=C/c1ccco1. The van der Waals surface area contributed by atoms with Gasteiger partial charge in [-0.25, -0.2) is 0 Å².